The number of benzene rings is 2. The number of nitrogens with zero attached hydrogens (tertiary/aromatic N) is 3. The Morgan fingerprint density at radius 2 is 1.80 bits per heavy atom. The third-order valence-corrected chi connectivity index (χ3v) is 5.61. The molecule has 3 amide bonds. The number of carbonyl (C=O) groups excluding carboxylic acids is 2. The lowest BCUT2D eigenvalue weighted by atomic mass is 9.92. The van der Waals surface area contributed by atoms with Gasteiger partial charge in [-0.05, 0) is 36.8 Å². The molecule has 0 aliphatic heterocycles. The largest absolute Gasteiger partial charge is 0.322 e. The van der Waals surface area contributed by atoms with Crippen molar-refractivity contribution in [2.75, 3.05) is 23.7 Å². The summed E-state index contributed by atoms with van der Waals surface area (Å²) in [6, 6.07) is 14.8. The quantitative estimate of drug-likeness (QED) is 0.385. The van der Waals surface area contributed by atoms with Crippen LogP contribution in [0.5, 0.6) is 0 Å². The van der Waals surface area contributed by atoms with E-state index in [0.29, 0.717) is 18.1 Å². The topological polar surface area (TPSA) is 79.3 Å². The molecule has 0 radical (unpaired) electrons. The predicted octanol–water partition coefficient (Wildman–Crippen LogP) is 6.24. The van der Waals surface area contributed by atoms with Crippen molar-refractivity contribution in [3.63, 3.8) is 0 Å². The predicted molar refractivity (Wildman–Crippen MR) is 138 cm³/mol. The van der Waals surface area contributed by atoms with Crippen molar-refractivity contribution in [3.05, 3.63) is 71.1 Å². The van der Waals surface area contributed by atoms with Crippen molar-refractivity contribution in [2.45, 2.75) is 46.0 Å². The van der Waals surface area contributed by atoms with Crippen molar-refractivity contribution in [2.24, 2.45) is 0 Å². The number of carbonyl (C=O) groups is 2. The molecule has 0 saturated heterocycles. The maximum absolute atomic E-state index is 13.5. The number of rotatable bonds is 8. The average molecular weight is 500 g/mol. The maximum Gasteiger partial charge on any atom is 0.322 e. The highest BCUT2D eigenvalue weighted by Crippen LogP contribution is 2.26. The zero-order valence-electron chi connectivity index (χ0n) is 20.4. The van der Waals surface area contributed by atoms with Crippen LogP contribution in [0.25, 0.3) is 5.69 Å². The van der Waals surface area contributed by atoms with Crippen LogP contribution in [0.3, 0.4) is 0 Å². The van der Waals surface area contributed by atoms with E-state index < -0.39 is 11.8 Å². The standard InChI is InChI=1S/C26H31ClFN5O2/c1-5-6-14-32(25(35)29-18-12-13-21(28)20(27)15-18)17-24(34)30-23-16-22(26(2,3)4)31-33(23)19-10-8-7-9-11-19/h7-13,15-16H,5-6,14,17H2,1-4H3,(H,29,35)(H,30,34). The zero-order chi connectivity index (χ0) is 25.6. The summed E-state index contributed by atoms with van der Waals surface area (Å²) >= 11 is 5.82. The van der Waals surface area contributed by atoms with E-state index in [1.54, 1.807) is 4.68 Å². The van der Waals surface area contributed by atoms with Crippen LogP contribution in [0.4, 0.5) is 20.7 Å². The van der Waals surface area contributed by atoms with Gasteiger partial charge in [0.2, 0.25) is 5.91 Å². The van der Waals surface area contributed by atoms with Gasteiger partial charge in [0.1, 0.15) is 18.2 Å². The summed E-state index contributed by atoms with van der Waals surface area (Å²) in [4.78, 5) is 27.4. The molecule has 35 heavy (non-hydrogen) atoms. The average Bonchev–Trinajstić information content (AvgIpc) is 3.24. The molecular formula is C26H31ClFN5O2. The van der Waals surface area contributed by atoms with E-state index in [1.165, 1.54) is 23.1 Å². The molecule has 186 valence electrons. The van der Waals surface area contributed by atoms with E-state index in [2.05, 4.69) is 31.4 Å². The first kappa shape index (κ1) is 26.2. The Balaban J connectivity index is 1.78. The Hall–Kier alpha value is -3.39. The molecule has 0 fully saturated rings. The number of hydrogen-bond donors (Lipinski definition) is 2. The lowest BCUT2D eigenvalue weighted by Gasteiger charge is -2.22. The van der Waals surface area contributed by atoms with Gasteiger partial charge in [-0.15, -0.1) is 0 Å². The number of para-hydroxylation sites is 1. The second-order valence-corrected chi connectivity index (χ2v) is 9.70. The number of unbranched alkanes of at least 4 members (excludes halogenated alkanes) is 1. The van der Waals surface area contributed by atoms with Gasteiger partial charge in [0.15, 0.2) is 0 Å². The summed E-state index contributed by atoms with van der Waals surface area (Å²) in [7, 11) is 0. The SMILES string of the molecule is CCCCN(CC(=O)Nc1cc(C(C)(C)C)nn1-c1ccccc1)C(=O)Nc1ccc(F)c(Cl)c1. The van der Waals surface area contributed by atoms with Crippen LogP contribution >= 0.6 is 11.6 Å². The van der Waals surface area contributed by atoms with Crippen LogP contribution in [-0.4, -0.2) is 39.7 Å². The fourth-order valence-corrected chi connectivity index (χ4v) is 3.52. The molecule has 3 rings (SSSR count). The van der Waals surface area contributed by atoms with Crippen molar-refractivity contribution in [1.29, 1.82) is 0 Å². The molecular weight excluding hydrogens is 469 g/mol. The molecule has 0 atom stereocenters. The summed E-state index contributed by atoms with van der Waals surface area (Å²) in [6.07, 6.45) is 1.57. The number of urea groups is 1. The highest BCUT2D eigenvalue weighted by atomic mass is 35.5. The Labute approximate surface area is 210 Å². The zero-order valence-corrected chi connectivity index (χ0v) is 21.2. The molecule has 1 aromatic heterocycles. The van der Waals surface area contributed by atoms with Crippen LogP contribution < -0.4 is 10.6 Å². The number of hydrogen-bond acceptors (Lipinski definition) is 3. The lowest BCUT2D eigenvalue weighted by Crippen LogP contribution is -2.41. The molecule has 3 aromatic rings. The van der Waals surface area contributed by atoms with Gasteiger partial charge in [-0.2, -0.15) is 5.10 Å². The summed E-state index contributed by atoms with van der Waals surface area (Å²) in [5.41, 5.74) is 1.76. The summed E-state index contributed by atoms with van der Waals surface area (Å²) in [6.45, 7) is 8.38. The fraction of sp³-hybridized carbons (Fsp3) is 0.346. The molecule has 2 aromatic carbocycles. The lowest BCUT2D eigenvalue weighted by molar-refractivity contribution is -0.116. The minimum atomic E-state index is -0.573. The van der Waals surface area contributed by atoms with Crippen LogP contribution in [0, 0.1) is 5.82 Å². The van der Waals surface area contributed by atoms with E-state index in [-0.39, 0.29) is 22.9 Å². The van der Waals surface area contributed by atoms with Gasteiger partial charge >= 0.3 is 6.03 Å². The number of nitrogens with one attached hydrogen (secondary N) is 2. The molecule has 0 bridgehead atoms. The fourth-order valence-electron chi connectivity index (χ4n) is 3.34. The van der Waals surface area contributed by atoms with Gasteiger partial charge in [-0.25, -0.2) is 13.9 Å². The molecule has 0 aliphatic carbocycles. The number of anilines is 2. The molecule has 2 N–H and O–H groups in total. The monoisotopic (exact) mass is 499 g/mol. The second kappa shape index (κ2) is 11.4. The molecule has 0 aliphatic rings. The molecule has 0 unspecified atom stereocenters. The van der Waals surface area contributed by atoms with E-state index in [9.17, 15) is 14.0 Å². The smallest absolute Gasteiger partial charge is 0.315 e. The minimum Gasteiger partial charge on any atom is -0.315 e. The van der Waals surface area contributed by atoms with E-state index >= 15 is 0 Å². The van der Waals surface area contributed by atoms with Crippen molar-refractivity contribution in [1.82, 2.24) is 14.7 Å². The van der Waals surface area contributed by atoms with Gasteiger partial charge in [0.05, 0.1) is 16.4 Å². The highest BCUT2D eigenvalue weighted by Gasteiger charge is 2.23. The maximum atomic E-state index is 13.5. The van der Waals surface area contributed by atoms with Crippen LogP contribution in [0.1, 0.15) is 46.2 Å². The summed E-state index contributed by atoms with van der Waals surface area (Å²) in [5.74, 6) is -0.408. The molecule has 0 spiro atoms. The second-order valence-electron chi connectivity index (χ2n) is 9.29. The van der Waals surface area contributed by atoms with Crippen molar-refractivity contribution in [3.8, 4) is 5.69 Å². The first-order valence-electron chi connectivity index (χ1n) is 11.5. The van der Waals surface area contributed by atoms with E-state index in [4.69, 9.17) is 16.7 Å². The van der Waals surface area contributed by atoms with Gasteiger partial charge < -0.3 is 15.5 Å². The number of halogens is 2. The van der Waals surface area contributed by atoms with Gasteiger partial charge in [-0.3, -0.25) is 4.79 Å². The normalized spacial score (nSPS) is 11.3. The van der Waals surface area contributed by atoms with Crippen molar-refractivity contribution >= 4 is 35.0 Å². The molecule has 0 saturated carbocycles. The number of amides is 3. The third-order valence-electron chi connectivity index (χ3n) is 5.32. The highest BCUT2D eigenvalue weighted by molar-refractivity contribution is 6.31. The van der Waals surface area contributed by atoms with Crippen LogP contribution in [0.15, 0.2) is 54.6 Å². The van der Waals surface area contributed by atoms with E-state index in [0.717, 1.165) is 24.2 Å². The summed E-state index contributed by atoms with van der Waals surface area (Å²) in [5, 5.41) is 10.2. The summed E-state index contributed by atoms with van der Waals surface area (Å²) < 4.78 is 15.1. The molecule has 7 nitrogen and oxygen atoms in total. The first-order chi connectivity index (χ1) is 16.6. The molecule has 9 heteroatoms. The Kier molecular flexibility index (Phi) is 8.51. The van der Waals surface area contributed by atoms with E-state index in [1.807, 2.05) is 43.3 Å². The number of aromatic nitrogens is 2. The van der Waals surface area contributed by atoms with Crippen LogP contribution in [0.2, 0.25) is 5.02 Å². The van der Waals surface area contributed by atoms with Gasteiger partial charge in [0.25, 0.3) is 0 Å². The Morgan fingerprint density at radius 1 is 1.09 bits per heavy atom. The van der Waals surface area contributed by atoms with Crippen molar-refractivity contribution < 1.29 is 14.0 Å². The van der Waals surface area contributed by atoms with Crippen LogP contribution in [-0.2, 0) is 10.2 Å². The van der Waals surface area contributed by atoms with Gasteiger partial charge in [0, 0.05) is 23.7 Å². The Bertz CT molecular complexity index is 1170. The first-order valence-corrected chi connectivity index (χ1v) is 11.9. The van der Waals surface area contributed by atoms with Gasteiger partial charge in [-0.1, -0.05) is 63.9 Å². The Morgan fingerprint density at radius 3 is 2.43 bits per heavy atom. The minimum absolute atomic E-state index is 0.0931. The molecule has 1 heterocycles. The third kappa shape index (κ3) is 7.05.